The summed E-state index contributed by atoms with van der Waals surface area (Å²) in [5.74, 6) is -1.81. The Labute approximate surface area is 343 Å². The molecule has 2 atom stereocenters. The first-order chi connectivity index (χ1) is 23.7. The van der Waals surface area contributed by atoms with E-state index in [-0.39, 0.29) is 50.6 Å². The van der Waals surface area contributed by atoms with E-state index in [1.807, 2.05) is 0 Å². The predicted octanol–water partition coefficient (Wildman–Crippen LogP) is 10.5. The molecular weight excluding hydrogens is 649 g/mol. The van der Waals surface area contributed by atoms with E-state index in [2.05, 4.69) is 27.7 Å². The van der Waals surface area contributed by atoms with Gasteiger partial charge in [0.1, 0.15) is 0 Å². The van der Waals surface area contributed by atoms with Gasteiger partial charge in [-0.3, -0.25) is 0 Å². The van der Waals surface area contributed by atoms with Crippen LogP contribution in [0.1, 0.15) is 252 Å². The standard InChI is InChI=1S/2C18H36O2.C7H18N2.Ca/c2*1-2-3-4-5-6-7-8-9-10-11-12-13-14-15-16-17-18(19)20;1-3-6(8)5-7(9)4-2;/h2*2-17H2,1H3,(H,19,20);6-7H,3-5,8-9H2,1-2H3;/q;;;+2/p-2. The van der Waals surface area contributed by atoms with Crippen molar-refractivity contribution in [2.45, 2.75) is 265 Å². The van der Waals surface area contributed by atoms with Crippen molar-refractivity contribution in [3.8, 4) is 0 Å². The summed E-state index contributed by atoms with van der Waals surface area (Å²) in [5, 5.41) is 20.4. The van der Waals surface area contributed by atoms with Gasteiger partial charge in [-0.25, -0.2) is 0 Å². The van der Waals surface area contributed by atoms with Crippen LogP contribution in [0.4, 0.5) is 0 Å². The minimum Gasteiger partial charge on any atom is -0.550 e. The molecule has 0 bridgehead atoms. The number of nitrogens with two attached hydrogens (primary N) is 2. The van der Waals surface area contributed by atoms with Gasteiger partial charge in [0.2, 0.25) is 0 Å². The van der Waals surface area contributed by atoms with E-state index in [0.29, 0.717) is 12.1 Å². The van der Waals surface area contributed by atoms with Gasteiger partial charge in [-0.05, 0) is 44.9 Å². The Morgan fingerprint density at radius 3 is 0.720 bits per heavy atom. The molecule has 0 heterocycles. The van der Waals surface area contributed by atoms with Gasteiger partial charge in [-0.15, -0.1) is 0 Å². The Bertz CT molecular complexity index is 586. The fraction of sp³-hybridized carbons (Fsp3) is 0.953. The number of hydrogen-bond acceptors (Lipinski definition) is 6. The van der Waals surface area contributed by atoms with E-state index < -0.39 is 11.9 Å². The molecule has 0 fully saturated rings. The number of carbonyl (C=O) groups excluding carboxylic acids is 2. The van der Waals surface area contributed by atoms with Crippen molar-refractivity contribution in [1.82, 2.24) is 0 Å². The second-order valence-electron chi connectivity index (χ2n) is 14.7. The van der Waals surface area contributed by atoms with Gasteiger partial charge in [0.25, 0.3) is 0 Å². The number of unbranched alkanes of at least 4 members (excludes halogenated alkanes) is 28. The number of rotatable bonds is 36. The van der Waals surface area contributed by atoms with Crippen molar-refractivity contribution < 1.29 is 19.8 Å². The molecule has 296 valence electrons. The number of carboxylic acids is 2. The molecule has 0 radical (unpaired) electrons. The van der Waals surface area contributed by atoms with Gasteiger partial charge in [-0.1, -0.05) is 207 Å². The molecule has 4 N–H and O–H groups in total. The summed E-state index contributed by atoms with van der Waals surface area (Å²) in [6.07, 6.45) is 42.8. The molecule has 0 aromatic heterocycles. The Hall–Kier alpha value is 0.120. The summed E-state index contributed by atoms with van der Waals surface area (Å²) in [5.41, 5.74) is 11.3. The molecule has 0 aliphatic carbocycles. The number of hydrogen-bond donors (Lipinski definition) is 2. The first-order valence-electron chi connectivity index (χ1n) is 21.7. The Morgan fingerprint density at radius 2 is 0.560 bits per heavy atom. The van der Waals surface area contributed by atoms with Crippen LogP contribution in [0.3, 0.4) is 0 Å². The predicted molar refractivity (Wildman–Crippen MR) is 216 cm³/mol. The molecular formula is C43H88CaN2O4. The molecule has 0 aliphatic rings. The minimum atomic E-state index is -0.903. The van der Waals surface area contributed by atoms with Crippen LogP contribution in [0.15, 0.2) is 0 Å². The van der Waals surface area contributed by atoms with Crippen LogP contribution in [0, 0.1) is 0 Å². The molecule has 50 heavy (non-hydrogen) atoms. The normalized spacial score (nSPS) is 11.8. The maximum absolute atomic E-state index is 10.2. The van der Waals surface area contributed by atoms with Crippen LogP contribution in [-0.2, 0) is 9.59 Å². The molecule has 6 nitrogen and oxygen atoms in total. The van der Waals surface area contributed by atoms with Gasteiger partial charge in [0, 0.05) is 24.0 Å². The molecule has 0 aliphatic heterocycles. The Kier molecular flexibility index (Phi) is 58.2. The van der Waals surface area contributed by atoms with Crippen LogP contribution in [0.25, 0.3) is 0 Å². The van der Waals surface area contributed by atoms with Gasteiger partial charge in [0.05, 0.1) is 0 Å². The summed E-state index contributed by atoms with van der Waals surface area (Å²) >= 11 is 0. The number of carbonyl (C=O) groups is 2. The monoisotopic (exact) mass is 737 g/mol. The van der Waals surface area contributed by atoms with Crippen LogP contribution >= 0.6 is 0 Å². The third-order valence-electron chi connectivity index (χ3n) is 9.62. The van der Waals surface area contributed by atoms with E-state index in [1.165, 1.54) is 167 Å². The average molecular weight is 737 g/mol. The quantitative estimate of drug-likeness (QED) is 0.0486. The van der Waals surface area contributed by atoms with Crippen molar-refractivity contribution in [3.05, 3.63) is 0 Å². The molecule has 0 saturated heterocycles. The third kappa shape index (κ3) is 60.2. The van der Waals surface area contributed by atoms with Crippen molar-refractivity contribution in [3.63, 3.8) is 0 Å². The van der Waals surface area contributed by atoms with Gasteiger partial charge >= 0.3 is 37.7 Å². The van der Waals surface area contributed by atoms with Crippen LogP contribution < -0.4 is 21.7 Å². The smallest absolute Gasteiger partial charge is 0.550 e. The molecule has 0 rings (SSSR count). The Morgan fingerprint density at radius 1 is 0.380 bits per heavy atom. The van der Waals surface area contributed by atoms with Crippen molar-refractivity contribution in [2.75, 3.05) is 0 Å². The zero-order valence-electron chi connectivity index (χ0n) is 34.4. The zero-order chi connectivity index (χ0) is 37.1. The van der Waals surface area contributed by atoms with Crippen molar-refractivity contribution in [1.29, 1.82) is 0 Å². The molecule has 7 heteroatoms. The zero-order valence-corrected chi connectivity index (χ0v) is 36.6. The van der Waals surface area contributed by atoms with Gasteiger partial charge in [0.15, 0.2) is 0 Å². The van der Waals surface area contributed by atoms with E-state index in [0.717, 1.165) is 44.9 Å². The molecule has 0 aromatic rings. The molecule has 0 spiro atoms. The minimum absolute atomic E-state index is 0. The van der Waals surface area contributed by atoms with E-state index >= 15 is 0 Å². The van der Waals surface area contributed by atoms with Crippen molar-refractivity contribution in [2.24, 2.45) is 11.5 Å². The van der Waals surface area contributed by atoms with Crippen LogP contribution in [0.5, 0.6) is 0 Å². The topological polar surface area (TPSA) is 132 Å². The Balaban J connectivity index is -0.000000336. The maximum Gasteiger partial charge on any atom is 2.00 e. The summed E-state index contributed by atoms with van der Waals surface area (Å²) < 4.78 is 0. The summed E-state index contributed by atoms with van der Waals surface area (Å²) in [4.78, 5) is 20.4. The van der Waals surface area contributed by atoms with E-state index in [4.69, 9.17) is 11.5 Å². The second-order valence-corrected chi connectivity index (χ2v) is 14.7. The molecule has 0 saturated carbocycles. The van der Waals surface area contributed by atoms with E-state index in [9.17, 15) is 19.8 Å². The summed E-state index contributed by atoms with van der Waals surface area (Å²) in [7, 11) is 0. The first-order valence-corrected chi connectivity index (χ1v) is 21.7. The van der Waals surface area contributed by atoms with Crippen molar-refractivity contribution >= 4 is 49.7 Å². The summed E-state index contributed by atoms with van der Waals surface area (Å²) in [6, 6.07) is 0.611. The molecule has 0 aromatic carbocycles. The summed E-state index contributed by atoms with van der Waals surface area (Å²) in [6.45, 7) is 8.72. The average Bonchev–Trinajstić information content (AvgIpc) is 3.08. The van der Waals surface area contributed by atoms with Gasteiger partial charge < -0.3 is 31.3 Å². The second kappa shape index (κ2) is 51.2. The molecule has 0 amide bonds. The fourth-order valence-corrected chi connectivity index (χ4v) is 6.00. The number of aliphatic carboxylic acids is 2. The molecule has 2 unspecified atom stereocenters. The third-order valence-corrected chi connectivity index (χ3v) is 9.62. The van der Waals surface area contributed by atoms with Crippen LogP contribution in [-0.4, -0.2) is 61.8 Å². The first kappa shape index (κ1) is 56.9. The SMILES string of the molecule is CCC(N)CC(N)CC.CCCCCCCCCCCCCCCCCC(=O)[O-].CCCCCCCCCCCCCCCCCC(=O)[O-].[Ca+2]. The van der Waals surface area contributed by atoms with E-state index in [1.54, 1.807) is 0 Å². The van der Waals surface area contributed by atoms with Crippen LogP contribution in [0.2, 0.25) is 0 Å². The number of carboxylic acid groups (broad SMARTS) is 2. The fourth-order valence-electron chi connectivity index (χ4n) is 6.00. The van der Waals surface area contributed by atoms with Gasteiger partial charge in [-0.2, -0.15) is 0 Å². The maximum atomic E-state index is 10.2. The largest absolute Gasteiger partial charge is 2.00 e.